The Bertz CT molecular complexity index is 353. The molecule has 1 atom stereocenters. The molecule has 0 saturated carbocycles. The average molecular weight is 192 g/mol. The van der Waals surface area contributed by atoms with Crippen molar-refractivity contribution < 1.29 is 9.52 Å². The number of nitriles is 1. The molecule has 1 aromatic rings. The molecule has 1 aromatic heterocycles. The van der Waals surface area contributed by atoms with E-state index in [-0.39, 0.29) is 0 Å². The second kappa shape index (κ2) is 3.82. The quantitative estimate of drug-likeness (QED) is 0.675. The Hall–Kier alpha value is -1.31. The first-order chi connectivity index (χ1) is 6.81. The summed E-state index contributed by atoms with van der Waals surface area (Å²) in [6.45, 7) is 1.73. The van der Waals surface area contributed by atoms with E-state index in [4.69, 9.17) is 9.68 Å². The van der Waals surface area contributed by atoms with Gasteiger partial charge in [0.2, 0.25) is 0 Å². The Labute approximate surface area is 82.4 Å². The monoisotopic (exact) mass is 192 g/mol. The molecule has 1 aliphatic rings. The fraction of sp³-hybridized carbons (Fsp3) is 0.500. The van der Waals surface area contributed by atoms with Gasteiger partial charge in [0.1, 0.15) is 5.76 Å². The van der Waals surface area contributed by atoms with Crippen LogP contribution in [0.3, 0.4) is 0 Å². The molecular formula is C10H12N2O2. The van der Waals surface area contributed by atoms with Gasteiger partial charge < -0.3 is 9.52 Å². The Kier molecular flexibility index (Phi) is 2.53. The maximum absolute atomic E-state index is 9.75. The van der Waals surface area contributed by atoms with Crippen LogP contribution in [0, 0.1) is 11.3 Å². The molecular weight excluding hydrogens is 180 g/mol. The van der Waals surface area contributed by atoms with Gasteiger partial charge in [0.15, 0.2) is 0 Å². The zero-order valence-electron chi connectivity index (χ0n) is 7.81. The average Bonchev–Trinajstić information content (AvgIpc) is 2.57. The van der Waals surface area contributed by atoms with Gasteiger partial charge in [0.05, 0.1) is 31.5 Å². The van der Waals surface area contributed by atoms with Gasteiger partial charge >= 0.3 is 0 Å². The van der Waals surface area contributed by atoms with Crippen molar-refractivity contribution in [1.29, 1.82) is 5.26 Å². The number of nitrogens with zero attached hydrogens (tertiary/aromatic N) is 2. The van der Waals surface area contributed by atoms with Gasteiger partial charge in [-0.3, -0.25) is 4.90 Å². The van der Waals surface area contributed by atoms with E-state index < -0.39 is 6.10 Å². The molecule has 1 unspecified atom stereocenters. The van der Waals surface area contributed by atoms with Crippen molar-refractivity contribution in [3.8, 4) is 6.07 Å². The Morgan fingerprint density at radius 1 is 1.71 bits per heavy atom. The predicted molar refractivity (Wildman–Crippen MR) is 49.2 cm³/mol. The lowest BCUT2D eigenvalue weighted by Crippen LogP contribution is -2.23. The van der Waals surface area contributed by atoms with Gasteiger partial charge in [-0.15, -0.1) is 0 Å². The maximum atomic E-state index is 9.75. The van der Waals surface area contributed by atoms with Gasteiger partial charge in [-0.25, -0.2) is 0 Å². The fourth-order valence-corrected chi connectivity index (χ4v) is 1.75. The minimum Gasteiger partial charge on any atom is -0.468 e. The minimum absolute atomic E-state index is 0.382. The summed E-state index contributed by atoms with van der Waals surface area (Å²) in [5.41, 5.74) is 0.866. The first-order valence-electron chi connectivity index (χ1n) is 4.65. The van der Waals surface area contributed by atoms with Crippen LogP contribution in [0.2, 0.25) is 0 Å². The fourth-order valence-electron chi connectivity index (χ4n) is 1.75. The molecule has 0 aliphatic carbocycles. The van der Waals surface area contributed by atoms with Crippen molar-refractivity contribution in [1.82, 2.24) is 4.90 Å². The summed E-state index contributed by atoms with van der Waals surface area (Å²) in [6, 6.07) is 3.91. The van der Waals surface area contributed by atoms with Crippen LogP contribution in [-0.2, 0) is 6.54 Å². The molecule has 4 nitrogen and oxygen atoms in total. The van der Waals surface area contributed by atoms with Crippen LogP contribution in [0.15, 0.2) is 16.7 Å². The molecule has 1 N–H and O–H groups in total. The van der Waals surface area contributed by atoms with Gasteiger partial charge in [-0.2, -0.15) is 5.26 Å². The molecule has 0 amide bonds. The van der Waals surface area contributed by atoms with E-state index in [0.717, 1.165) is 17.9 Å². The highest BCUT2D eigenvalue weighted by Gasteiger charge is 2.22. The molecule has 4 heteroatoms. The van der Waals surface area contributed by atoms with Gasteiger partial charge in [0, 0.05) is 12.1 Å². The van der Waals surface area contributed by atoms with E-state index >= 15 is 0 Å². The number of rotatable bonds is 1. The van der Waals surface area contributed by atoms with Crippen molar-refractivity contribution in [3.63, 3.8) is 0 Å². The first-order valence-corrected chi connectivity index (χ1v) is 4.65. The second-order valence-corrected chi connectivity index (χ2v) is 3.47. The molecule has 0 saturated heterocycles. The molecule has 0 spiro atoms. The van der Waals surface area contributed by atoms with Crippen LogP contribution in [0.1, 0.15) is 23.8 Å². The van der Waals surface area contributed by atoms with Crippen LogP contribution in [0.5, 0.6) is 0 Å². The standard InChI is InChI=1S/C10H12N2O2/c11-3-5-12-4-1-9(13)8-2-6-14-10(8)7-12/h2,6,9,13H,1,4-5,7H2. The van der Waals surface area contributed by atoms with E-state index in [1.807, 2.05) is 4.90 Å². The normalized spacial score (nSPS) is 22.4. The molecule has 2 rings (SSSR count). The summed E-state index contributed by atoms with van der Waals surface area (Å²) in [5.74, 6) is 0.783. The van der Waals surface area contributed by atoms with Crippen molar-refractivity contribution in [3.05, 3.63) is 23.7 Å². The highest BCUT2D eigenvalue weighted by Crippen LogP contribution is 2.26. The van der Waals surface area contributed by atoms with Crippen LogP contribution in [0.25, 0.3) is 0 Å². The maximum Gasteiger partial charge on any atom is 0.123 e. The molecule has 0 radical (unpaired) electrons. The van der Waals surface area contributed by atoms with E-state index in [2.05, 4.69) is 6.07 Å². The van der Waals surface area contributed by atoms with E-state index in [1.54, 1.807) is 12.3 Å². The van der Waals surface area contributed by atoms with Crippen LogP contribution < -0.4 is 0 Å². The molecule has 2 heterocycles. The highest BCUT2D eigenvalue weighted by molar-refractivity contribution is 5.21. The van der Waals surface area contributed by atoms with Crippen LogP contribution in [-0.4, -0.2) is 23.1 Å². The van der Waals surface area contributed by atoms with Crippen LogP contribution >= 0.6 is 0 Å². The third-order valence-corrected chi connectivity index (χ3v) is 2.52. The summed E-state index contributed by atoms with van der Waals surface area (Å²) in [7, 11) is 0. The van der Waals surface area contributed by atoms with E-state index in [1.165, 1.54) is 0 Å². The largest absolute Gasteiger partial charge is 0.468 e. The molecule has 0 bridgehead atoms. The highest BCUT2D eigenvalue weighted by atomic mass is 16.3. The molecule has 14 heavy (non-hydrogen) atoms. The van der Waals surface area contributed by atoms with Gasteiger partial charge in [0.25, 0.3) is 0 Å². The van der Waals surface area contributed by atoms with Crippen LogP contribution in [0.4, 0.5) is 0 Å². The number of fused-ring (bicyclic) bond motifs is 1. The SMILES string of the molecule is N#CCN1CCC(O)c2ccoc2C1. The predicted octanol–water partition coefficient (Wildman–Crippen LogP) is 1.04. The molecule has 0 aromatic carbocycles. The zero-order valence-corrected chi connectivity index (χ0v) is 7.81. The molecule has 74 valence electrons. The third kappa shape index (κ3) is 1.65. The first kappa shape index (κ1) is 9.25. The lowest BCUT2D eigenvalue weighted by Gasteiger charge is -2.14. The Balaban J connectivity index is 2.20. The van der Waals surface area contributed by atoms with Crippen molar-refractivity contribution in [2.75, 3.05) is 13.1 Å². The summed E-state index contributed by atoms with van der Waals surface area (Å²) in [6.07, 6.45) is 1.80. The molecule has 1 aliphatic heterocycles. The van der Waals surface area contributed by atoms with Crippen molar-refractivity contribution in [2.24, 2.45) is 0 Å². The number of hydrogen-bond donors (Lipinski definition) is 1. The van der Waals surface area contributed by atoms with Gasteiger partial charge in [-0.05, 0) is 12.5 Å². The number of aliphatic hydroxyl groups excluding tert-OH is 1. The topological polar surface area (TPSA) is 60.4 Å². The molecule has 0 fully saturated rings. The summed E-state index contributed by atoms with van der Waals surface area (Å²) in [5, 5.41) is 18.3. The summed E-state index contributed by atoms with van der Waals surface area (Å²) >= 11 is 0. The number of furan rings is 1. The lowest BCUT2D eigenvalue weighted by atomic mass is 10.1. The number of hydrogen-bond acceptors (Lipinski definition) is 4. The second-order valence-electron chi connectivity index (χ2n) is 3.47. The van der Waals surface area contributed by atoms with Crippen molar-refractivity contribution >= 4 is 0 Å². The van der Waals surface area contributed by atoms with E-state index in [9.17, 15) is 5.11 Å². The van der Waals surface area contributed by atoms with Crippen molar-refractivity contribution in [2.45, 2.75) is 19.1 Å². The van der Waals surface area contributed by atoms with Gasteiger partial charge in [-0.1, -0.05) is 0 Å². The van der Waals surface area contributed by atoms with E-state index in [0.29, 0.717) is 19.5 Å². The lowest BCUT2D eigenvalue weighted by molar-refractivity contribution is 0.155. The Morgan fingerprint density at radius 2 is 2.57 bits per heavy atom. The smallest absolute Gasteiger partial charge is 0.123 e. The number of aliphatic hydroxyl groups is 1. The minimum atomic E-state index is -0.451. The Morgan fingerprint density at radius 3 is 3.36 bits per heavy atom. The zero-order chi connectivity index (χ0) is 9.97. The summed E-state index contributed by atoms with van der Waals surface area (Å²) in [4.78, 5) is 1.97. The summed E-state index contributed by atoms with van der Waals surface area (Å²) < 4.78 is 5.27. The third-order valence-electron chi connectivity index (χ3n) is 2.52.